The summed E-state index contributed by atoms with van der Waals surface area (Å²) in [6, 6.07) is 138. The standard InChI is InChI=1S/C55H35N3.C51H33N3/c1-2-12-39-29-41(28-23-36(39)11-1)40-15-9-17-44(30-40)54-33-53(38-26-24-37(25-27-38)52-35-56-34-46-14-4-6-20-48(46)52)57-55(58-54)45-18-10-16-42(31-45)51-32-43-13-3-5-19-47(43)49-21-7-8-22-50(49)51;1-2-12-38-28-40(27-22-34(38)10-1)39-15-7-17-42(29-39)50-31-49(37-25-23-36(24-26-37)48-33-52-32-44-13-4-6-20-47(44)48)53-51(54-50)43-18-8-16-41(30-43)46-21-9-14-35-11-3-5-19-45(35)46/h1-35H;1-33H. The molecule has 0 aliphatic rings. The Bertz CT molecular complexity index is 7190. The number of rotatable bonds is 12. The van der Waals surface area contributed by atoms with Gasteiger partial charge in [-0.2, -0.15) is 0 Å². The third kappa shape index (κ3) is 13.0. The smallest absolute Gasteiger partial charge is 0.160 e. The predicted molar refractivity (Wildman–Crippen MR) is 467 cm³/mol. The van der Waals surface area contributed by atoms with Crippen LogP contribution >= 0.6 is 0 Å². The number of nitrogens with zero attached hydrogens (tertiary/aromatic N) is 6. The van der Waals surface area contributed by atoms with Gasteiger partial charge in [-0.1, -0.05) is 334 Å². The fourth-order valence-electron chi connectivity index (χ4n) is 16.0. The van der Waals surface area contributed by atoms with E-state index in [-0.39, 0.29) is 0 Å². The lowest BCUT2D eigenvalue weighted by Crippen LogP contribution is -1.96. The van der Waals surface area contributed by atoms with E-state index in [2.05, 4.69) is 398 Å². The van der Waals surface area contributed by atoms with Crippen LogP contribution in [0.1, 0.15) is 0 Å². The van der Waals surface area contributed by atoms with Crippen LogP contribution in [0.5, 0.6) is 0 Å². The van der Waals surface area contributed by atoms with E-state index >= 15 is 0 Å². The van der Waals surface area contributed by atoms with Gasteiger partial charge in [0.15, 0.2) is 11.6 Å². The topological polar surface area (TPSA) is 77.3 Å². The zero-order valence-electron chi connectivity index (χ0n) is 60.9. The molecule has 522 valence electrons. The second-order valence-electron chi connectivity index (χ2n) is 28.6. The Balaban J connectivity index is 0.000000146. The van der Waals surface area contributed by atoms with Crippen molar-refractivity contribution in [1.29, 1.82) is 0 Å². The van der Waals surface area contributed by atoms with E-state index in [1.54, 1.807) is 0 Å². The summed E-state index contributed by atoms with van der Waals surface area (Å²) >= 11 is 0. The molecule has 112 heavy (non-hydrogen) atoms. The summed E-state index contributed by atoms with van der Waals surface area (Å²) in [5, 5.41) is 16.9. The lowest BCUT2D eigenvalue weighted by molar-refractivity contribution is 1.18. The second-order valence-corrected chi connectivity index (χ2v) is 28.6. The van der Waals surface area contributed by atoms with Gasteiger partial charge in [0, 0.05) is 80.1 Å². The third-order valence-corrected chi connectivity index (χ3v) is 21.7. The molecule has 0 saturated heterocycles. The number of aromatic nitrogens is 6. The fourth-order valence-corrected chi connectivity index (χ4v) is 16.0. The van der Waals surface area contributed by atoms with Crippen molar-refractivity contribution in [3.05, 3.63) is 413 Å². The highest BCUT2D eigenvalue weighted by Crippen LogP contribution is 2.41. The third-order valence-electron chi connectivity index (χ3n) is 21.7. The molecule has 4 heterocycles. The van der Waals surface area contributed by atoms with Crippen LogP contribution in [-0.2, 0) is 0 Å². The van der Waals surface area contributed by atoms with E-state index < -0.39 is 0 Å². The fraction of sp³-hybridized carbons (Fsp3) is 0. The quantitative estimate of drug-likeness (QED) is 0.113. The van der Waals surface area contributed by atoms with Gasteiger partial charge in [0.1, 0.15) is 0 Å². The molecule has 0 unspecified atom stereocenters. The number of fused-ring (bicyclic) bond motifs is 8. The first-order valence-electron chi connectivity index (χ1n) is 37.9. The molecular formula is C106H68N6. The van der Waals surface area contributed by atoms with Gasteiger partial charge in [0.25, 0.3) is 0 Å². The van der Waals surface area contributed by atoms with Gasteiger partial charge in [0.05, 0.1) is 22.8 Å². The first kappa shape index (κ1) is 66.5. The Hall–Kier alpha value is -15.0. The molecule has 0 bridgehead atoms. The lowest BCUT2D eigenvalue weighted by Gasteiger charge is -2.14. The molecule has 0 radical (unpaired) electrons. The highest BCUT2D eigenvalue weighted by atomic mass is 14.9. The molecule has 0 saturated carbocycles. The minimum absolute atomic E-state index is 0.679. The van der Waals surface area contributed by atoms with E-state index in [1.807, 2.05) is 24.8 Å². The van der Waals surface area contributed by atoms with Crippen molar-refractivity contribution in [3.8, 4) is 135 Å². The minimum atomic E-state index is 0.679. The van der Waals surface area contributed by atoms with Crippen LogP contribution < -0.4 is 0 Å². The van der Waals surface area contributed by atoms with E-state index in [1.165, 1.54) is 86.9 Å². The summed E-state index contributed by atoms with van der Waals surface area (Å²) in [4.78, 5) is 30.2. The Morgan fingerprint density at radius 1 is 0.134 bits per heavy atom. The maximum atomic E-state index is 5.31. The Labute approximate surface area is 648 Å². The zero-order valence-corrected chi connectivity index (χ0v) is 60.9. The Morgan fingerprint density at radius 2 is 0.455 bits per heavy atom. The first-order valence-corrected chi connectivity index (χ1v) is 37.9. The summed E-state index contributed by atoms with van der Waals surface area (Å²) in [6.45, 7) is 0. The predicted octanol–water partition coefficient (Wildman–Crippen LogP) is 27.8. The molecule has 0 aliphatic heterocycles. The Morgan fingerprint density at radius 3 is 0.955 bits per heavy atom. The molecule has 4 aromatic heterocycles. The normalized spacial score (nSPS) is 11.4. The van der Waals surface area contributed by atoms with E-state index in [9.17, 15) is 0 Å². The second kappa shape index (κ2) is 29.0. The average Bonchev–Trinajstić information content (AvgIpc) is 0.764. The molecule has 6 nitrogen and oxygen atoms in total. The van der Waals surface area contributed by atoms with Crippen molar-refractivity contribution >= 4 is 75.4 Å². The highest BCUT2D eigenvalue weighted by Gasteiger charge is 2.19. The van der Waals surface area contributed by atoms with Gasteiger partial charge in [-0.05, 0) is 175 Å². The summed E-state index contributed by atoms with van der Waals surface area (Å²) in [7, 11) is 0. The summed E-state index contributed by atoms with van der Waals surface area (Å²) in [6.07, 6.45) is 7.74. The van der Waals surface area contributed by atoms with Crippen LogP contribution in [0.3, 0.4) is 0 Å². The number of benzene rings is 17. The van der Waals surface area contributed by atoms with Crippen molar-refractivity contribution in [2.24, 2.45) is 0 Å². The largest absolute Gasteiger partial charge is 0.263 e. The lowest BCUT2D eigenvalue weighted by atomic mass is 9.92. The van der Waals surface area contributed by atoms with E-state index in [0.29, 0.717) is 11.6 Å². The maximum Gasteiger partial charge on any atom is 0.160 e. The summed E-state index contributed by atoms with van der Waals surface area (Å²) in [5.41, 5.74) is 23.2. The van der Waals surface area contributed by atoms with Crippen molar-refractivity contribution in [3.63, 3.8) is 0 Å². The molecule has 6 heteroatoms. The van der Waals surface area contributed by atoms with Crippen LogP contribution in [0.4, 0.5) is 0 Å². The minimum Gasteiger partial charge on any atom is -0.263 e. The molecular weight excluding hydrogens is 1360 g/mol. The van der Waals surface area contributed by atoms with E-state index in [0.717, 1.165) is 111 Å². The molecule has 0 aliphatic carbocycles. The van der Waals surface area contributed by atoms with Crippen LogP contribution in [0, 0.1) is 0 Å². The molecule has 0 spiro atoms. The maximum absolute atomic E-state index is 5.31. The Kier molecular flexibility index (Phi) is 17.2. The molecule has 0 amide bonds. The monoisotopic (exact) mass is 1420 g/mol. The average molecular weight is 1430 g/mol. The molecule has 17 aromatic carbocycles. The molecule has 0 atom stereocenters. The molecule has 21 aromatic rings. The van der Waals surface area contributed by atoms with Crippen molar-refractivity contribution < 1.29 is 0 Å². The van der Waals surface area contributed by atoms with Crippen LogP contribution in [0.15, 0.2) is 413 Å². The van der Waals surface area contributed by atoms with Gasteiger partial charge in [-0.15, -0.1) is 0 Å². The summed E-state index contributed by atoms with van der Waals surface area (Å²) in [5.74, 6) is 1.36. The van der Waals surface area contributed by atoms with Crippen LogP contribution in [-0.4, -0.2) is 29.9 Å². The van der Waals surface area contributed by atoms with Crippen molar-refractivity contribution in [1.82, 2.24) is 29.9 Å². The van der Waals surface area contributed by atoms with Gasteiger partial charge in [0.2, 0.25) is 0 Å². The SMILES string of the molecule is c1cc(-c2ccc3ccccc3c2)cc(-c2cc(-c3ccc(-c4cncc5ccccc45)cc3)nc(-c3cccc(-c4cc5ccccc5c5ccccc45)c3)n2)c1.c1cc(-c2ccc3ccccc3c2)cc(-c2cc(-c3ccc(-c4cncc5ccccc45)cc3)nc(-c3cccc(-c4cccc5ccccc45)c3)n2)c1. The number of pyridine rings is 2. The van der Waals surface area contributed by atoms with Crippen molar-refractivity contribution in [2.45, 2.75) is 0 Å². The van der Waals surface area contributed by atoms with E-state index in [4.69, 9.17) is 19.9 Å². The highest BCUT2D eigenvalue weighted by molar-refractivity contribution is 6.14. The zero-order chi connectivity index (χ0) is 74.3. The number of hydrogen-bond acceptors (Lipinski definition) is 6. The van der Waals surface area contributed by atoms with Gasteiger partial charge in [-0.25, -0.2) is 19.9 Å². The van der Waals surface area contributed by atoms with Gasteiger partial charge >= 0.3 is 0 Å². The van der Waals surface area contributed by atoms with Gasteiger partial charge < -0.3 is 0 Å². The molecule has 21 rings (SSSR count). The van der Waals surface area contributed by atoms with Crippen LogP contribution in [0.2, 0.25) is 0 Å². The first-order chi connectivity index (χ1) is 55.4. The van der Waals surface area contributed by atoms with Crippen LogP contribution in [0.25, 0.3) is 210 Å². The molecule has 0 fully saturated rings. The van der Waals surface area contributed by atoms with Gasteiger partial charge in [-0.3, -0.25) is 9.97 Å². The molecule has 0 N–H and O–H groups in total. The van der Waals surface area contributed by atoms with Crippen molar-refractivity contribution in [2.75, 3.05) is 0 Å². The number of hydrogen-bond donors (Lipinski definition) is 0. The summed E-state index contributed by atoms with van der Waals surface area (Å²) < 4.78 is 0.